The maximum atomic E-state index is 13.8. The lowest BCUT2D eigenvalue weighted by Gasteiger charge is -2.33. The highest BCUT2D eigenvalue weighted by Crippen LogP contribution is 2.39. The Hall–Kier alpha value is -4.81. The maximum Gasteiger partial charge on any atom is 0.320 e. The molecule has 55 heavy (non-hydrogen) atoms. The van der Waals surface area contributed by atoms with Crippen LogP contribution in [0.3, 0.4) is 0 Å². The van der Waals surface area contributed by atoms with E-state index >= 15 is 0 Å². The van der Waals surface area contributed by atoms with E-state index in [0.29, 0.717) is 30.1 Å². The highest BCUT2D eigenvalue weighted by atomic mass is 16.5. The average molecular weight is 748 g/mol. The number of hydrogen-bond acceptors (Lipinski definition) is 9. The van der Waals surface area contributed by atoms with Crippen molar-refractivity contribution < 1.29 is 14.3 Å². The Morgan fingerprint density at radius 3 is 2.51 bits per heavy atom. The standard InChI is InChI=1S/C43H57N9O3/c1-29-11-8-9-22-51(29)42-49-48-40-19-16-33(28-52(40)42)55-37-18-17-36(34-14-6-7-15-35(34)37)46-41(53)47-39(26-38(44)43(2,3)4)45-31-13-10-12-30(25-31)27-50-23-20-32(54-5)21-24-50/h6-7,10,12-16,19,25,28-29,32,36-37,44H,8-9,11,17-18,20-24,26-27H2,1-5H3,(H2,45,46,47,53). The lowest BCUT2D eigenvalue weighted by molar-refractivity contribution is 0.0389. The van der Waals surface area contributed by atoms with Gasteiger partial charge < -0.3 is 25.1 Å². The molecule has 12 heteroatoms. The molecule has 3 atom stereocenters. The Morgan fingerprint density at radius 1 is 0.945 bits per heavy atom. The third kappa shape index (κ3) is 9.36. The molecule has 292 valence electrons. The molecule has 0 radical (unpaired) electrons. The summed E-state index contributed by atoms with van der Waals surface area (Å²) in [6, 6.07) is 20.1. The zero-order valence-electron chi connectivity index (χ0n) is 33.1. The smallest absolute Gasteiger partial charge is 0.320 e. The predicted molar refractivity (Wildman–Crippen MR) is 218 cm³/mol. The number of amides is 2. The Kier molecular flexibility index (Phi) is 11.8. The minimum atomic E-state index is -0.362. The molecule has 2 fully saturated rings. The van der Waals surface area contributed by atoms with Crippen molar-refractivity contribution in [2.24, 2.45) is 10.4 Å². The second-order valence-corrected chi connectivity index (χ2v) is 16.4. The number of likely N-dealkylation sites (tertiary alicyclic amines) is 1. The van der Waals surface area contributed by atoms with Gasteiger partial charge in [-0.3, -0.25) is 14.6 Å². The molecule has 3 N–H and O–H groups in total. The van der Waals surface area contributed by atoms with Crippen LogP contribution in [0.25, 0.3) is 5.65 Å². The molecule has 0 spiro atoms. The Balaban J connectivity index is 1.04. The topological polar surface area (TPSA) is 132 Å². The van der Waals surface area contributed by atoms with Gasteiger partial charge in [-0.15, -0.1) is 10.2 Å². The molecule has 2 amide bonds. The molecule has 4 aromatic rings. The fourth-order valence-electron chi connectivity index (χ4n) is 8.02. The molecule has 2 aromatic heterocycles. The molecule has 0 saturated carbocycles. The van der Waals surface area contributed by atoms with Gasteiger partial charge in [0.25, 0.3) is 0 Å². The van der Waals surface area contributed by atoms with Gasteiger partial charge in [0.2, 0.25) is 5.95 Å². The number of anilines is 1. The van der Waals surface area contributed by atoms with E-state index in [1.165, 1.54) is 12.0 Å². The fourth-order valence-corrected chi connectivity index (χ4v) is 8.02. The number of carbonyl (C=O) groups is 1. The number of aromatic nitrogens is 3. The number of urea groups is 1. The summed E-state index contributed by atoms with van der Waals surface area (Å²) in [6.07, 6.45) is 9.43. The van der Waals surface area contributed by atoms with Crippen molar-refractivity contribution in [2.45, 2.75) is 110 Å². The van der Waals surface area contributed by atoms with E-state index in [9.17, 15) is 4.79 Å². The van der Waals surface area contributed by atoms with Crippen LogP contribution in [0.15, 0.2) is 71.9 Å². The van der Waals surface area contributed by atoms with Crippen molar-refractivity contribution in [3.8, 4) is 5.75 Å². The van der Waals surface area contributed by atoms with Crippen molar-refractivity contribution >= 4 is 34.9 Å². The van der Waals surface area contributed by atoms with Crippen LogP contribution in [0.4, 0.5) is 16.4 Å². The number of methoxy groups -OCH3 is 1. The van der Waals surface area contributed by atoms with Gasteiger partial charge in [0.1, 0.15) is 17.7 Å². The Bertz CT molecular complexity index is 1990. The number of pyridine rings is 1. The molecule has 4 heterocycles. The van der Waals surface area contributed by atoms with Crippen LogP contribution in [0.1, 0.15) is 108 Å². The van der Waals surface area contributed by atoms with Gasteiger partial charge in [-0.2, -0.15) is 0 Å². The van der Waals surface area contributed by atoms with Crippen LogP contribution in [0, 0.1) is 10.8 Å². The largest absolute Gasteiger partial charge is 0.484 e. The molecule has 2 saturated heterocycles. The summed E-state index contributed by atoms with van der Waals surface area (Å²) >= 11 is 0. The number of nitrogens with zero attached hydrogens (tertiary/aromatic N) is 6. The minimum Gasteiger partial charge on any atom is -0.484 e. The van der Waals surface area contributed by atoms with Crippen LogP contribution in [0.2, 0.25) is 0 Å². The lowest BCUT2D eigenvalue weighted by Crippen LogP contribution is -2.43. The molecule has 2 aliphatic heterocycles. The number of benzene rings is 2. The first-order chi connectivity index (χ1) is 26.5. The van der Waals surface area contributed by atoms with E-state index < -0.39 is 0 Å². The third-order valence-electron chi connectivity index (χ3n) is 11.4. The van der Waals surface area contributed by atoms with E-state index in [1.807, 2.05) is 67.8 Å². The summed E-state index contributed by atoms with van der Waals surface area (Å²) in [4.78, 5) is 23.5. The van der Waals surface area contributed by atoms with E-state index in [0.717, 1.165) is 92.4 Å². The first-order valence-electron chi connectivity index (χ1n) is 20.0. The average Bonchev–Trinajstić information content (AvgIpc) is 3.59. The number of ether oxygens (including phenoxy) is 2. The minimum absolute atomic E-state index is 0.174. The normalized spacial score (nSPS) is 21.3. The summed E-state index contributed by atoms with van der Waals surface area (Å²) in [5, 5.41) is 24.1. The monoisotopic (exact) mass is 747 g/mol. The second kappa shape index (κ2) is 16.9. The number of aliphatic imine (C=N–C) groups is 1. The van der Waals surface area contributed by atoms with Crippen molar-refractivity contribution in [2.75, 3.05) is 31.6 Å². The molecule has 3 unspecified atom stereocenters. The van der Waals surface area contributed by atoms with Gasteiger partial charge in [-0.05, 0) is 98.2 Å². The van der Waals surface area contributed by atoms with Gasteiger partial charge in [0.05, 0.1) is 24.0 Å². The number of rotatable bonds is 10. The summed E-state index contributed by atoms with van der Waals surface area (Å²) < 4.78 is 14.3. The Morgan fingerprint density at radius 2 is 1.75 bits per heavy atom. The van der Waals surface area contributed by atoms with E-state index in [2.05, 4.69) is 61.8 Å². The van der Waals surface area contributed by atoms with Crippen molar-refractivity contribution in [3.05, 3.63) is 83.6 Å². The van der Waals surface area contributed by atoms with Gasteiger partial charge in [-0.25, -0.2) is 9.79 Å². The fraction of sp³-hybridized carbons (Fsp3) is 0.512. The van der Waals surface area contributed by atoms with Gasteiger partial charge in [-0.1, -0.05) is 57.2 Å². The molecule has 7 rings (SSSR count). The quantitative estimate of drug-likeness (QED) is 0.110. The number of nitrogens with one attached hydrogen (secondary N) is 3. The molecule has 3 aliphatic rings. The molecular formula is C43H57N9O3. The highest BCUT2D eigenvalue weighted by molar-refractivity contribution is 6.09. The summed E-state index contributed by atoms with van der Waals surface area (Å²) in [5.41, 5.74) is 4.94. The van der Waals surface area contributed by atoms with Crippen molar-refractivity contribution in [1.82, 2.24) is 30.1 Å². The van der Waals surface area contributed by atoms with Crippen molar-refractivity contribution in [1.29, 1.82) is 5.41 Å². The number of carbonyl (C=O) groups excluding carboxylic acids is 1. The van der Waals surface area contributed by atoms with Gasteiger partial charge in [0, 0.05) is 51.5 Å². The molecule has 1 aliphatic carbocycles. The van der Waals surface area contributed by atoms with E-state index in [4.69, 9.17) is 19.9 Å². The van der Waals surface area contributed by atoms with Gasteiger partial charge in [0.15, 0.2) is 5.65 Å². The first kappa shape index (κ1) is 38.5. The van der Waals surface area contributed by atoms with Gasteiger partial charge >= 0.3 is 6.03 Å². The van der Waals surface area contributed by atoms with Crippen LogP contribution in [-0.4, -0.2) is 76.0 Å². The van der Waals surface area contributed by atoms with Crippen LogP contribution >= 0.6 is 0 Å². The number of hydrogen-bond donors (Lipinski definition) is 3. The summed E-state index contributed by atoms with van der Waals surface area (Å²) in [6.45, 7) is 12.1. The van der Waals surface area contributed by atoms with Crippen LogP contribution < -0.4 is 20.3 Å². The van der Waals surface area contributed by atoms with Crippen LogP contribution in [0.5, 0.6) is 5.75 Å². The third-order valence-corrected chi connectivity index (χ3v) is 11.4. The van der Waals surface area contributed by atoms with E-state index in [-0.39, 0.29) is 30.0 Å². The maximum absolute atomic E-state index is 13.8. The molecule has 12 nitrogen and oxygen atoms in total. The zero-order chi connectivity index (χ0) is 38.5. The molecule has 0 bridgehead atoms. The number of piperidine rings is 2. The van der Waals surface area contributed by atoms with E-state index in [1.54, 1.807) is 7.11 Å². The number of fused-ring (bicyclic) bond motifs is 2. The second-order valence-electron chi connectivity index (χ2n) is 16.4. The summed E-state index contributed by atoms with van der Waals surface area (Å²) in [5.74, 6) is 2.06. The predicted octanol–water partition coefficient (Wildman–Crippen LogP) is 8.16. The van der Waals surface area contributed by atoms with Crippen LogP contribution in [-0.2, 0) is 11.3 Å². The molecule has 2 aromatic carbocycles. The van der Waals surface area contributed by atoms with Crippen molar-refractivity contribution in [3.63, 3.8) is 0 Å². The Labute approximate surface area is 325 Å². The number of amidine groups is 1. The first-order valence-corrected chi connectivity index (χ1v) is 20.0. The lowest BCUT2D eigenvalue weighted by atomic mass is 9.85. The summed E-state index contributed by atoms with van der Waals surface area (Å²) in [7, 11) is 1.79. The highest BCUT2D eigenvalue weighted by Gasteiger charge is 2.31. The zero-order valence-corrected chi connectivity index (χ0v) is 33.1. The SMILES string of the molecule is COC1CCN(Cc2cccc(N=C(CC(=N)C(C)(C)C)NC(=O)NC3CCC(Oc4ccc5nnc(N6CCCCC6C)n5c4)c4ccccc43)c2)CC1. The molecular weight excluding hydrogens is 691 g/mol.